The molecule has 0 spiro atoms. The molecule has 9 heteroatoms. The highest BCUT2D eigenvalue weighted by atomic mass is 16.5. The Morgan fingerprint density at radius 3 is 3.00 bits per heavy atom. The zero-order chi connectivity index (χ0) is 13.2. The summed E-state index contributed by atoms with van der Waals surface area (Å²) in [6, 6.07) is 0.229. The molecular weight excluding hydrogens is 248 g/mol. The summed E-state index contributed by atoms with van der Waals surface area (Å²) in [7, 11) is 1.50. The van der Waals surface area contributed by atoms with Crippen molar-refractivity contribution in [1.29, 1.82) is 0 Å². The third-order valence-corrected chi connectivity index (χ3v) is 2.94. The number of ether oxygens (including phenoxy) is 1. The van der Waals surface area contributed by atoms with Crippen molar-refractivity contribution < 1.29 is 4.74 Å². The Hall–Kier alpha value is -2.42. The minimum atomic E-state index is 0.229. The zero-order valence-corrected chi connectivity index (χ0v) is 10.4. The van der Waals surface area contributed by atoms with E-state index in [0.717, 1.165) is 18.9 Å². The van der Waals surface area contributed by atoms with Crippen molar-refractivity contribution in [2.24, 2.45) is 5.84 Å². The first-order valence-corrected chi connectivity index (χ1v) is 5.82. The molecule has 0 amide bonds. The van der Waals surface area contributed by atoms with Crippen molar-refractivity contribution in [1.82, 2.24) is 24.5 Å². The van der Waals surface area contributed by atoms with Crippen molar-refractivity contribution in [3.63, 3.8) is 0 Å². The Morgan fingerprint density at radius 1 is 1.32 bits per heavy atom. The summed E-state index contributed by atoms with van der Waals surface area (Å²) in [6.45, 7) is 2.28. The van der Waals surface area contributed by atoms with Gasteiger partial charge in [0.15, 0.2) is 0 Å². The quantitative estimate of drug-likeness (QED) is 0.557. The number of anilines is 2. The van der Waals surface area contributed by atoms with E-state index >= 15 is 0 Å². The minimum absolute atomic E-state index is 0.229. The van der Waals surface area contributed by atoms with Gasteiger partial charge in [-0.05, 0) is 0 Å². The Kier molecular flexibility index (Phi) is 2.88. The van der Waals surface area contributed by atoms with Crippen molar-refractivity contribution in [2.45, 2.75) is 13.1 Å². The molecular formula is C10H14N8O. The predicted octanol–water partition coefficient (Wildman–Crippen LogP) is -0.617. The smallest absolute Gasteiger partial charge is 0.322 e. The van der Waals surface area contributed by atoms with Gasteiger partial charge in [-0.3, -0.25) is 5.43 Å². The highest BCUT2D eigenvalue weighted by molar-refractivity contribution is 5.38. The number of hydrogen-bond donors (Lipinski definition) is 2. The molecule has 3 N–H and O–H groups in total. The van der Waals surface area contributed by atoms with Gasteiger partial charge < -0.3 is 14.2 Å². The third kappa shape index (κ3) is 2.15. The van der Waals surface area contributed by atoms with E-state index in [9.17, 15) is 0 Å². The van der Waals surface area contributed by atoms with Gasteiger partial charge in [0.2, 0.25) is 11.9 Å². The van der Waals surface area contributed by atoms with Gasteiger partial charge in [-0.1, -0.05) is 0 Å². The molecule has 0 atom stereocenters. The second kappa shape index (κ2) is 4.69. The molecule has 1 aliphatic heterocycles. The highest BCUT2D eigenvalue weighted by Crippen LogP contribution is 2.19. The number of hydrogen-bond acceptors (Lipinski definition) is 8. The SMILES string of the molecule is COc1nc(NN)nc(N2CCn3ccnc3C2)n1. The van der Waals surface area contributed by atoms with Crippen molar-refractivity contribution in [2.75, 3.05) is 24.0 Å². The first-order chi connectivity index (χ1) is 9.30. The standard InChI is InChI=1S/C10H14N8O/c1-19-10-14-8(16-11)13-9(15-10)18-5-4-17-3-2-12-7(17)6-18/h2-3H,4-6,11H2,1H3,(H,13,14,15,16). The number of fused-ring (bicyclic) bond motifs is 1. The van der Waals surface area contributed by atoms with Crippen LogP contribution in [-0.2, 0) is 13.1 Å². The van der Waals surface area contributed by atoms with Crippen molar-refractivity contribution in [3.8, 4) is 6.01 Å². The van der Waals surface area contributed by atoms with Crippen LogP contribution in [0.2, 0.25) is 0 Å². The molecule has 0 bridgehead atoms. The maximum atomic E-state index is 5.34. The van der Waals surface area contributed by atoms with E-state index in [2.05, 4.69) is 29.9 Å². The molecule has 0 unspecified atom stereocenters. The van der Waals surface area contributed by atoms with Crippen LogP contribution in [0.3, 0.4) is 0 Å². The number of nitrogens with one attached hydrogen (secondary N) is 1. The minimum Gasteiger partial charge on any atom is -0.467 e. The molecule has 3 heterocycles. The van der Waals surface area contributed by atoms with Gasteiger partial charge in [0.1, 0.15) is 5.82 Å². The largest absolute Gasteiger partial charge is 0.467 e. The monoisotopic (exact) mass is 262 g/mol. The van der Waals surface area contributed by atoms with E-state index in [1.54, 1.807) is 6.20 Å². The maximum Gasteiger partial charge on any atom is 0.322 e. The van der Waals surface area contributed by atoms with Gasteiger partial charge in [0, 0.05) is 25.5 Å². The van der Waals surface area contributed by atoms with Gasteiger partial charge in [-0.25, -0.2) is 10.8 Å². The maximum absolute atomic E-state index is 5.34. The Labute approximate surface area is 109 Å². The molecule has 3 rings (SSSR count). The Bertz CT molecular complexity index is 560. The summed E-state index contributed by atoms with van der Waals surface area (Å²) in [6.07, 6.45) is 3.76. The van der Waals surface area contributed by atoms with Gasteiger partial charge in [-0.15, -0.1) is 0 Å². The average Bonchev–Trinajstić information content (AvgIpc) is 2.94. The number of methoxy groups -OCH3 is 1. The summed E-state index contributed by atoms with van der Waals surface area (Å²) >= 11 is 0. The number of nitrogens with zero attached hydrogens (tertiary/aromatic N) is 6. The van der Waals surface area contributed by atoms with Crippen LogP contribution in [0.25, 0.3) is 0 Å². The predicted molar refractivity (Wildman–Crippen MR) is 67.5 cm³/mol. The lowest BCUT2D eigenvalue weighted by Gasteiger charge is -2.27. The van der Waals surface area contributed by atoms with E-state index in [0.29, 0.717) is 12.5 Å². The van der Waals surface area contributed by atoms with Gasteiger partial charge in [-0.2, -0.15) is 15.0 Å². The van der Waals surface area contributed by atoms with Crippen LogP contribution in [-0.4, -0.2) is 38.2 Å². The van der Waals surface area contributed by atoms with Crippen LogP contribution in [0, 0.1) is 0 Å². The molecule has 0 radical (unpaired) electrons. The van der Waals surface area contributed by atoms with Crippen LogP contribution < -0.4 is 20.9 Å². The second-order valence-corrected chi connectivity index (χ2v) is 4.05. The van der Waals surface area contributed by atoms with E-state index in [1.807, 2.05) is 11.1 Å². The molecule has 0 saturated carbocycles. The average molecular weight is 262 g/mol. The molecule has 0 aliphatic carbocycles. The Morgan fingerprint density at radius 2 is 2.21 bits per heavy atom. The van der Waals surface area contributed by atoms with Gasteiger partial charge in [0.25, 0.3) is 0 Å². The van der Waals surface area contributed by atoms with E-state index in [4.69, 9.17) is 10.6 Å². The van der Waals surface area contributed by atoms with Crippen LogP contribution in [0.1, 0.15) is 5.82 Å². The number of nitrogen functional groups attached to an aromatic ring is 1. The second-order valence-electron chi connectivity index (χ2n) is 4.05. The number of imidazole rings is 1. The number of nitrogens with two attached hydrogens (primary N) is 1. The van der Waals surface area contributed by atoms with Crippen LogP contribution in [0.4, 0.5) is 11.9 Å². The summed E-state index contributed by atoms with van der Waals surface area (Å²) < 4.78 is 7.15. The van der Waals surface area contributed by atoms with Gasteiger partial charge >= 0.3 is 6.01 Å². The summed E-state index contributed by atoms with van der Waals surface area (Å²) in [5.41, 5.74) is 2.41. The number of rotatable bonds is 3. The number of aromatic nitrogens is 5. The summed E-state index contributed by atoms with van der Waals surface area (Å²) in [5.74, 6) is 7.11. The Balaban J connectivity index is 1.90. The third-order valence-electron chi connectivity index (χ3n) is 2.94. The number of hydrazine groups is 1. The molecule has 2 aromatic heterocycles. The van der Waals surface area contributed by atoms with Crippen molar-refractivity contribution >= 4 is 11.9 Å². The lowest BCUT2D eigenvalue weighted by molar-refractivity contribution is 0.378. The molecule has 100 valence electrons. The zero-order valence-electron chi connectivity index (χ0n) is 10.4. The van der Waals surface area contributed by atoms with E-state index in [-0.39, 0.29) is 12.0 Å². The fourth-order valence-electron chi connectivity index (χ4n) is 1.99. The highest BCUT2D eigenvalue weighted by Gasteiger charge is 2.20. The fourth-order valence-corrected chi connectivity index (χ4v) is 1.99. The molecule has 0 fully saturated rings. The lowest BCUT2D eigenvalue weighted by Crippen LogP contribution is -2.35. The molecule has 1 aliphatic rings. The molecule has 0 aromatic carbocycles. The normalized spacial score (nSPS) is 14.1. The topological polar surface area (TPSA) is 107 Å². The molecule has 2 aromatic rings. The van der Waals surface area contributed by atoms with Crippen LogP contribution in [0.5, 0.6) is 6.01 Å². The van der Waals surface area contributed by atoms with E-state index < -0.39 is 0 Å². The van der Waals surface area contributed by atoms with E-state index in [1.165, 1.54) is 7.11 Å². The lowest BCUT2D eigenvalue weighted by atomic mass is 10.4. The summed E-state index contributed by atoms with van der Waals surface area (Å²) in [4.78, 5) is 18.7. The van der Waals surface area contributed by atoms with Gasteiger partial charge in [0.05, 0.1) is 13.7 Å². The van der Waals surface area contributed by atoms with Crippen LogP contribution in [0.15, 0.2) is 12.4 Å². The summed E-state index contributed by atoms with van der Waals surface area (Å²) in [5, 5.41) is 0. The fraction of sp³-hybridized carbons (Fsp3) is 0.400. The molecule has 9 nitrogen and oxygen atoms in total. The molecule has 0 saturated heterocycles. The van der Waals surface area contributed by atoms with Crippen LogP contribution >= 0.6 is 0 Å². The molecule has 19 heavy (non-hydrogen) atoms. The first kappa shape index (κ1) is 11.7. The first-order valence-electron chi connectivity index (χ1n) is 5.82. The van der Waals surface area contributed by atoms with Crippen molar-refractivity contribution in [3.05, 3.63) is 18.2 Å².